The first-order valence-electron chi connectivity index (χ1n) is 9.88. The number of aryl methyl sites for hydroxylation is 3. The molecule has 0 bridgehead atoms. The second-order valence-corrected chi connectivity index (χ2v) is 9.40. The van der Waals surface area contributed by atoms with E-state index in [0.717, 1.165) is 21.7 Å². The van der Waals surface area contributed by atoms with Gasteiger partial charge in [0.05, 0.1) is 23.0 Å². The number of aromatic nitrogens is 3. The normalized spacial score (nSPS) is 12.0. The van der Waals surface area contributed by atoms with Gasteiger partial charge in [-0.25, -0.2) is 14.1 Å². The average Bonchev–Trinajstić information content (AvgIpc) is 3.42. The number of nitrogens with one attached hydrogen (secondary N) is 1. The number of thiophene rings is 1. The summed E-state index contributed by atoms with van der Waals surface area (Å²) < 4.78 is 14.7. The monoisotopic (exact) mass is 468 g/mol. The molecule has 1 N–H and O–H groups in total. The largest absolute Gasteiger partial charge is 0.340 e. The molecule has 164 valence electrons. The van der Waals surface area contributed by atoms with Crippen molar-refractivity contribution in [1.82, 2.24) is 20.1 Å². The average molecular weight is 469 g/mol. The Bertz CT molecular complexity index is 1340. The van der Waals surface area contributed by atoms with Crippen molar-refractivity contribution in [2.45, 2.75) is 26.8 Å². The van der Waals surface area contributed by atoms with Gasteiger partial charge in [-0.2, -0.15) is 5.10 Å². The molecule has 0 saturated heterocycles. The molecule has 0 saturated carbocycles. The Morgan fingerprint density at radius 1 is 1.12 bits per heavy atom. The molecule has 0 aliphatic carbocycles. The van der Waals surface area contributed by atoms with Crippen LogP contribution in [-0.2, 0) is 7.05 Å². The van der Waals surface area contributed by atoms with E-state index in [1.165, 1.54) is 39.5 Å². The van der Waals surface area contributed by atoms with Gasteiger partial charge in [0.1, 0.15) is 15.7 Å². The van der Waals surface area contributed by atoms with Crippen molar-refractivity contribution < 1.29 is 9.18 Å². The second-order valence-electron chi connectivity index (χ2n) is 7.42. The van der Waals surface area contributed by atoms with Gasteiger partial charge in [-0.1, -0.05) is 18.2 Å². The molecule has 0 aliphatic rings. The van der Waals surface area contributed by atoms with Crippen molar-refractivity contribution in [1.29, 1.82) is 0 Å². The number of halogens is 1. The Morgan fingerprint density at radius 2 is 1.84 bits per heavy atom. The van der Waals surface area contributed by atoms with E-state index in [9.17, 15) is 14.0 Å². The number of benzene rings is 1. The van der Waals surface area contributed by atoms with E-state index in [2.05, 4.69) is 15.4 Å². The zero-order chi connectivity index (χ0) is 23.0. The van der Waals surface area contributed by atoms with E-state index in [-0.39, 0.29) is 17.3 Å². The SMILES string of the molecule is Cc1nc(-c2c(C)c(C)nn(C)c2=O)sc1C(=O)NC(c1ccc(F)cc1)c1cccs1. The maximum Gasteiger partial charge on any atom is 0.277 e. The van der Waals surface area contributed by atoms with Crippen molar-refractivity contribution in [2.24, 2.45) is 7.05 Å². The zero-order valence-electron chi connectivity index (χ0n) is 18.0. The third-order valence-electron chi connectivity index (χ3n) is 5.25. The molecule has 0 fully saturated rings. The molecule has 4 aromatic rings. The van der Waals surface area contributed by atoms with Gasteiger partial charge < -0.3 is 5.32 Å². The molecule has 3 aromatic heterocycles. The number of carbonyl (C=O) groups is 1. The van der Waals surface area contributed by atoms with Gasteiger partial charge in [0.15, 0.2) is 0 Å². The lowest BCUT2D eigenvalue weighted by atomic mass is 10.1. The summed E-state index contributed by atoms with van der Waals surface area (Å²) in [4.78, 5) is 31.9. The van der Waals surface area contributed by atoms with Gasteiger partial charge in [-0.05, 0) is 55.5 Å². The fourth-order valence-electron chi connectivity index (χ4n) is 3.44. The minimum Gasteiger partial charge on any atom is -0.340 e. The van der Waals surface area contributed by atoms with Gasteiger partial charge in [-0.3, -0.25) is 9.59 Å². The topological polar surface area (TPSA) is 76.9 Å². The number of carbonyl (C=O) groups excluding carboxylic acids is 1. The number of hydrogen-bond donors (Lipinski definition) is 1. The fourth-order valence-corrected chi connectivity index (χ4v) is 5.31. The van der Waals surface area contributed by atoms with Crippen LogP contribution in [0, 0.1) is 26.6 Å². The summed E-state index contributed by atoms with van der Waals surface area (Å²) in [7, 11) is 1.60. The summed E-state index contributed by atoms with van der Waals surface area (Å²) in [6.45, 7) is 5.42. The van der Waals surface area contributed by atoms with Crippen LogP contribution in [0.4, 0.5) is 4.39 Å². The Hall–Kier alpha value is -3.17. The number of nitrogens with zero attached hydrogens (tertiary/aromatic N) is 3. The van der Waals surface area contributed by atoms with Crippen molar-refractivity contribution in [2.75, 3.05) is 0 Å². The molecule has 1 unspecified atom stereocenters. The van der Waals surface area contributed by atoms with Crippen molar-refractivity contribution in [3.05, 3.63) is 90.2 Å². The van der Waals surface area contributed by atoms with Gasteiger partial charge in [0.25, 0.3) is 11.5 Å². The van der Waals surface area contributed by atoms with Crippen LogP contribution in [0.3, 0.4) is 0 Å². The van der Waals surface area contributed by atoms with Crippen LogP contribution in [0.1, 0.15) is 43.1 Å². The molecule has 0 spiro atoms. The summed E-state index contributed by atoms with van der Waals surface area (Å²) in [5.41, 5.74) is 3.00. The maximum atomic E-state index is 13.4. The van der Waals surface area contributed by atoms with E-state index in [1.54, 1.807) is 26.1 Å². The molecule has 6 nitrogen and oxygen atoms in total. The Kier molecular flexibility index (Phi) is 6.03. The van der Waals surface area contributed by atoms with E-state index >= 15 is 0 Å². The number of rotatable bonds is 5. The van der Waals surface area contributed by atoms with Crippen molar-refractivity contribution >= 4 is 28.6 Å². The van der Waals surface area contributed by atoms with E-state index in [1.807, 2.05) is 31.4 Å². The van der Waals surface area contributed by atoms with Crippen LogP contribution in [0.25, 0.3) is 10.6 Å². The predicted molar refractivity (Wildman–Crippen MR) is 125 cm³/mol. The Morgan fingerprint density at radius 3 is 2.50 bits per heavy atom. The number of hydrogen-bond acceptors (Lipinski definition) is 6. The first-order valence-corrected chi connectivity index (χ1v) is 11.6. The van der Waals surface area contributed by atoms with Crippen LogP contribution < -0.4 is 10.9 Å². The van der Waals surface area contributed by atoms with Gasteiger partial charge in [0, 0.05) is 11.9 Å². The third-order valence-corrected chi connectivity index (χ3v) is 7.36. The minimum absolute atomic E-state index is 0.253. The highest BCUT2D eigenvalue weighted by Crippen LogP contribution is 2.31. The molecule has 0 radical (unpaired) electrons. The molecular weight excluding hydrogens is 447 g/mol. The molecule has 1 aromatic carbocycles. The van der Waals surface area contributed by atoms with Crippen LogP contribution in [0.15, 0.2) is 46.6 Å². The van der Waals surface area contributed by atoms with Gasteiger partial charge >= 0.3 is 0 Å². The molecule has 3 heterocycles. The van der Waals surface area contributed by atoms with Crippen molar-refractivity contribution in [3.63, 3.8) is 0 Å². The molecule has 1 amide bonds. The summed E-state index contributed by atoms with van der Waals surface area (Å²) in [5.74, 6) is -0.633. The lowest BCUT2D eigenvalue weighted by Gasteiger charge is -2.18. The number of amides is 1. The molecule has 1 atom stereocenters. The third kappa shape index (κ3) is 4.13. The first-order chi connectivity index (χ1) is 15.3. The molecule has 32 heavy (non-hydrogen) atoms. The maximum absolute atomic E-state index is 13.4. The standard InChI is InChI=1S/C23H21FN4O2S2/c1-12-13(2)27-28(4)23(30)18(12)22-25-14(3)20(32-22)21(29)26-19(17-6-5-11-31-17)15-7-9-16(24)10-8-15/h5-11,19H,1-4H3,(H,26,29). The van der Waals surface area contributed by atoms with Crippen LogP contribution in [0.2, 0.25) is 0 Å². The molecular formula is C23H21FN4O2S2. The lowest BCUT2D eigenvalue weighted by Crippen LogP contribution is -2.28. The summed E-state index contributed by atoms with van der Waals surface area (Å²) >= 11 is 2.69. The second kappa shape index (κ2) is 8.76. The fraction of sp³-hybridized carbons (Fsp3) is 0.217. The Labute approximate surface area is 192 Å². The highest BCUT2D eigenvalue weighted by Gasteiger charge is 2.24. The Balaban J connectivity index is 1.71. The molecule has 4 rings (SSSR count). The van der Waals surface area contributed by atoms with E-state index in [0.29, 0.717) is 21.1 Å². The lowest BCUT2D eigenvalue weighted by molar-refractivity contribution is 0.0947. The summed E-state index contributed by atoms with van der Waals surface area (Å²) in [6, 6.07) is 9.49. The van der Waals surface area contributed by atoms with Crippen LogP contribution >= 0.6 is 22.7 Å². The summed E-state index contributed by atoms with van der Waals surface area (Å²) in [5, 5.41) is 9.68. The van der Waals surface area contributed by atoms with Crippen molar-refractivity contribution in [3.8, 4) is 10.6 Å². The van der Waals surface area contributed by atoms with E-state index < -0.39 is 6.04 Å². The van der Waals surface area contributed by atoms with Crippen LogP contribution in [0.5, 0.6) is 0 Å². The first kappa shape index (κ1) is 22.0. The van der Waals surface area contributed by atoms with Gasteiger partial charge in [-0.15, -0.1) is 22.7 Å². The zero-order valence-corrected chi connectivity index (χ0v) is 19.6. The van der Waals surface area contributed by atoms with Gasteiger partial charge in [0.2, 0.25) is 0 Å². The smallest absolute Gasteiger partial charge is 0.277 e. The number of thiazole rings is 1. The quantitative estimate of drug-likeness (QED) is 0.466. The molecule has 9 heteroatoms. The molecule has 0 aliphatic heterocycles. The highest BCUT2D eigenvalue weighted by atomic mass is 32.1. The highest BCUT2D eigenvalue weighted by molar-refractivity contribution is 7.17. The minimum atomic E-state index is -0.425. The van der Waals surface area contributed by atoms with Crippen LogP contribution in [-0.4, -0.2) is 20.7 Å². The summed E-state index contributed by atoms with van der Waals surface area (Å²) in [6.07, 6.45) is 0. The van der Waals surface area contributed by atoms with E-state index in [4.69, 9.17) is 0 Å². The predicted octanol–water partition coefficient (Wildman–Crippen LogP) is 4.55.